The molecule has 3 aromatic rings. The number of carbonyl (C=O) groups excluding carboxylic acids is 1. The third-order valence-electron chi connectivity index (χ3n) is 4.31. The van der Waals surface area contributed by atoms with E-state index in [9.17, 15) is 4.79 Å². The zero-order chi connectivity index (χ0) is 19.5. The minimum atomic E-state index is -0.118. The van der Waals surface area contributed by atoms with Crippen molar-refractivity contribution in [2.24, 2.45) is 0 Å². The standard InChI is InChI=1S/C20H19N5O2S/c1-3-11-27-15-8-5-4-7-14(15)18-17-13(2)24-25(20-21-9-6-10-22-20)19(17)23-16(26)12-28-18/h3-10,18H,1,11-12H2,2H3,(H,23,26)/t18-/m1/s1. The van der Waals surface area contributed by atoms with Crippen molar-refractivity contribution in [1.82, 2.24) is 19.7 Å². The number of thioether (sulfide) groups is 1. The van der Waals surface area contributed by atoms with Crippen molar-refractivity contribution in [2.75, 3.05) is 17.7 Å². The molecule has 7 nitrogen and oxygen atoms in total. The van der Waals surface area contributed by atoms with Crippen LogP contribution in [0.2, 0.25) is 0 Å². The number of nitrogens with zero attached hydrogens (tertiary/aromatic N) is 4. The molecule has 1 aliphatic heterocycles. The van der Waals surface area contributed by atoms with Gasteiger partial charge in [0.2, 0.25) is 5.91 Å². The number of hydrogen-bond donors (Lipinski definition) is 1. The molecule has 0 saturated carbocycles. The number of aryl methyl sites for hydroxylation is 1. The van der Waals surface area contributed by atoms with Crippen LogP contribution in [0.3, 0.4) is 0 Å². The van der Waals surface area contributed by atoms with Gasteiger partial charge in [-0.2, -0.15) is 9.78 Å². The number of para-hydroxylation sites is 1. The Morgan fingerprint density at radius 3 is 2.89 bits per heavy atom. The van der Waals surface area contributed by atoms with Crippen LogP contribution in [0, 0.1) is 6.92 Å². The van der Waals surface area contributed by atoms with E-state index in [0.717, 1.165) is 22.6 Å². The van der Waals surface area contributed by atoms with E-state index >= 15 is 0 Å². The SMILES string of the molecule is C=CCOc1ccccc1[C@H]1SCC(=O)Nc2c1c(C)nn2-c1ncccn1. The number of nitrogens with one attached hydrogen (secondary N) is 1. The smallest absolute Gasteiger partial charge is 0.252 e. The van der Waals surface area contributed by atoms with Gasteiger partial charge in [-0.15, -0.1) is 11.8 Å². The molecule has 0 spiro atoms. The molecule has 1 aliphatic rings. The fourth-order valence-corrected chi connectivity index (χ4v) is 4.37. The Morgan fingerprint density at radius 1 is 1.32 bits per heavy atom. The topological polar surface area (TPSA) is 81.9 Å². The second kappa shape index (κ2) is 7.85. The Hall–Kier alpha value is -3.13. The molecule has 0 bridgehead atoms. The molecule has 1 N–H and O–H groups in total. The summed E-state index contributed by atoms with van der Waals surface area (Å²) in [7, 11) is 0. The fraction of sp³-hybridized carbons (Fsp3) is 0.200. The molecule has 0 aliphatic carbocycles. The van der Waals surface area contributed by atoms with E-state index in [1.165, 1.54) is 0 Å². The number of fused-ring (bicyclic) bond motifs is 1. The predicted octanol–water partition coefficient (Wildman–Crippen LogP) is 3.31. The van der Waals surface area contributed by atoms with Crippen LogP contribution in [0.4, 0.5) is 5.82 Å². The summed E-state index contributed by atoms with van der Waals surface area (Å²) in [5.41, 5.74) is 2.72. The highest BCUT2D eigenvalue weighted by atomic mass is 32.2. The number of amides is 1. The maximum Gasteiger partial charge on any atom is 0.252 e. The molecule has 142 valence electrons. The fourth-order valence-electron chi connectivity index (χ4n) is 3.15. The molecule has 28 heavy (non-hydrogen) atoms. The number of aromatic nitrogens is 4. The van der Waals surface area contributed by atoms with E-state index in [-0.39, 0.29) is 11.2 Å². The van der Waals surface area contributed by atoms with Gasteiger partial charge in [-0.05, 0) is 19.1 Å². The molecule has 0 fully saturated rings. The molecular weight excluding hydrogens is 374 g/mol. The molecule has 3 heterocycles. The van der Waals surface area contributed by atoms with Crippen LogP contribution < -0.4 is 10.1 Å². The first-order valence-electron chi connectivity index (χ1n) is 8.80. The van der Waals surface area contributed by atoms with E-state index in [1.807, 2.05) is 31.2 Å². The molecule has 8 heteroatoms. The lowest BCUT2D eigenvalue weighted by atomic mass is 10.0. The van der Waals surface area contributed by atoms with Crippen molar-refractivity contribution in [3.05, 3.63) is 72.2 Å². The normalized spacial score (nSPS) is 16.0. The minimum Gasteiger partial charge on any atom is -0.489 e. The van der Waals surface area contributed by atoms with E-state index in [1.54, 1.807) is 41.0 Å². The van der Waals surface area contributed by atoms with Gasteiger partial charge in [0.15, 0.2) is 0 Å². The third kappa shape index (κ3) is 3.38. The largest absolute Gasteiger partial charge is 0.489 e. The van der Waals surface area contributed by atoms with Gasteiger partial charge in [-0.1, -0.05) is 30.9 Å². The molecular formula is C20H19N5O2S. The van der Waals surface area contributed by atoms with Crippen molar-refractivity contribution in [2.45, 2.75) is 12.2 Å². The summed E-state index contributed by atoms with van der Waals surface area (Å²) in [5, 5.41) is 7.47. The van der Waals surface area contributed by atoms with Crippen LogP contribution in [0.5, 0.6) is 5.75 Å². The van der Waals surface area contributed by atoms with Crippen LogP contribution in [0.15, 0.2) is 55.4 Å². The summed E-state index contributed by atoms with van der Waals surface area (Å²) in [6, 6.07) is 9.59. The van der Waals surface area contributed by atoms with Gasteiger partial charge in [-0.3, -0.25) is 4.79 Å². The van der Waals surface area contributed by atoms with Gasteiger partial charge >= 0.3 is 0 Å². The summed E-state index contributed by atoms with van der Waals surface area (Å²) in [5.74, 6) is 2.01. The summed E-state index contributed by atoms with van der Waals surface area (Å²) >= 11 is 1.55. The first-order valence-corrected chi connectivity index (χ1v) is 9.85. The summed E-state index contributed by atoms with van der Waals surface area (Å²) < 4.78 is 7.46. The molecule has 0 saturated heterocycles. The Kier molecular flexibility index (Phi) is 5.12. The highest BCUT2D eigenvalue weighted by Crippen LogP contribution is 2.46. The Balaban J connectivity index is 1.86. The second-order valence-electron chi connectivity index (χ2n) is 6.19. The number of hydrogen-bond acceptors (Lipinski definition) is 6. The summed E-state index contributed by atoms with van der Waals surface area (Å²) in [6.07, 6.45) is 5.01. The Morgan fingerprint density at radius 2 is 2.11 bits per heavy atom. The molecule has 4 rings (SSSR count). The third-order valence-corrected chi connectivity index (χ3v) is 5.56. The van der Waals surface area contributed by atoms with Gasteiger partial charge in [0.1, 0.15) is 18.2 Å². The number of benzene rings is 1. The number of ether oxygens (including phenoxy) is 1. The maximum absolute atomic E-state index is 12.4. The zero-order valence-electron chi connectivity index (χ0n) is 15.3. The average Bonchev–Trinajstić information content (AvgIpc) is 2.93. The second-order valence-corrected chi connectivity index (χ2v) is 7.28. The van der Waals surface area contributed by atoms with Crippen LogP contribution >= 0.6 is 11.8 Å². The minimum absolute atomic E-state index is 0.0877. The molecule has 1 atom stereocenters. The van der Waals surface area contributed by atoms with Gasteiger partial charge < -0.3 is 10.1 Å². The van der Waals surface area contributed by atoms with Crippen molar-refractivity contribution < 1.29 is 9.53 Å². The molecule has 0 unspecified atom stereocenters. The first-order chi connectivity index (χ1) is 13.7. The number of rotatable bonds is 5. The highest BCUT2D eigenvalue weighted by Gasteiger charge is 2.32. The van der Waals surface area contributed by atoms with Crippen molar-refractivity contribution in [1.29, 1.82) is 0 Å². The lowest BCUT2D eigenvalue weighted by Crippen LogP contribution is -2.16. The molecule has 1 amide bonds. The molecule has 2 aromatic heterocycles. The van der Waals surface area contributed by atoms with Crippen molar-refractivity contribution in [3.8, 4) is 11.7 Å². The van der Waals surface area contributed by atoms with Crippen LogP contribution in [-0.4, -0.2) is 38.0 Å². The average molecular weight is 393 g/mol. The Labute approximate surface area is 166 Å². The summed E-state index contributed by atoms with van der Waals surface area (Å²) in [6.45, 7) is 6.06. The number of anilines is 1. The van der Waals surface area contributed by atoms with Crippen molar-refractivity contribution >= 4 is 23.5 Å². The maximum atomic E-state index is 12.4. The van der Waals surface area contributed by atoms with Crippen LogP contribution in [0.1, 0.15) is 22.1 Å². The van der Waals surface area contributed by atoms with E-state index in [4.69, 9.17) is 4.74 Å². The predicted molar refractivity (Wildman–Crippen MR) is 109 cm³/mol. The van der Waals surface area contributed by atoms with Gasteiger partial charge in [-0.25, -0.2) is 9.97 Å². The highest BCUT2D eigenvalue weighted by molar-refractivity contribution is 8.00. The molecule has 0 radical (unpaired) electrons. The lowest BCUT2D eigenvalue weighted by molar-refractivity contribution is -0.113. The summed E-state index contributed by atoms with van der Waals surface area (Å²) in [4.78, 5) is 21.0. The van der Waals surface area contributed by atoms with Crippen LogP contribution in [0.25, 0.3) is 5.95 Å². The van der Waals surface area contributed by atoms with E-state index < -0.39 is 0 Å². The zero-order valence-corrected chi connectivity index (χ0v) is 16.1. The van der Waals surface area contributed by atoms with E-state index in [0.29, 0.717) is 24.1 Å². The Bertz CT molecular complexity index is 1020. The first kappa shape index (κ1) is 18.2. The monoisotopic (exact) mass is 393 g/mol. The number of carbonyl (C=O) groups is 1. The van der Waals surface area contributed by atoms with E-state index in [2.05, 4.69) is 27.0 Å². The van der Waals surface area contributed by atoms with Gasteiger partial charge in [0.25, 0.3) is 5.95 Å². The van der Waals surface area contributed by atoms with Crippen LogP contribution in [-0.2, 0) is 4.79 Å². The molecule has 1 aromatic carbocycles. The van der Waals surface area contributed by atoms with Crippen molar-refractivity contribution in [3.63, 3.8) is 0 Å². The quantitative estimate of drug-likeness (QED) is 0.670. The van der Waals surface area contributed by atoms with Gasteiger partial charge in [0.05, 0.1) is 16.7 Å². The lowest BCUT2D eigenvalue weighted by Gasteiger charge is -2.19. The van der Waals surface area contributed by atoms with Gasteiger partial charge in [0, 0.05) is 23.5 Å².